The van der Waals surface area contributed by atoms with E-state index in [1.165, 1.54) is 24.0 Å². The van der Waals surface area contributed by atoms with Crippen molar-refractivity contribution in [2.45, 2.75) is 37.9 Å². The van der Waals surface area contributed by atoms with Crippen LogP contribution in [-0.4, -0.2) is 33.6 Å². The quantitative estimate of drug-likeness (QED) is 0.274. The number of rotatable bonds is 4. The number of hydrogen-bond donors (Lipinski definition) is 0. The maximum Gasteiger partial charge on any atom is 0.314 e. The number of carbonyl (C=O) groups excluding carboxylic acids is 2. The van der Waals surface area contributed by atoms with Gasteiger partial charge in [0.1, 0.15) is 17.7 Å². The number of hydrogen-bond acceptors (Lipinski definition) is 6. The summed E-state index contributed by atoms with van der Waals surface area (Å²) in [6, 6.07) is 1.49. The topological polar surface area (TPSA) is 69.2 Å². The van der Waals surface area contributed by atoms with Gasteiger partial charge in [0.15, 0.2) is 10.9 Å². The fraction of sp³-hybridized carbons (Fsp3) is 0.500. The fourth-order valence-electron chi connectivity index (χ4n) is 1.19. The summed E-state index contributed by atoms with van der Waals surface area (Å²) in [5.41, 5.74) is -0.354. The van der Waals surface area contributed by atoms with E-state index in [4.69, 9.17) is 4.74 Å². The molecule has 98 valence electrons. The molecule has 1 aromatic rings. The number of nitrogens with zero attached hydrogens (tertiary/aromatic N) is 2. The molecule has 0 aliphatic carbocycles. The van der Waals surface area contributed by atoms with Gasteiger partial charge in [0.25, 0.3) is 0 Å². The second kappa shape index (κ2) is 5.95. The molecule has 1 heterocycles. The average Bonchev–Trinajstić information content (AvgIpc) is 2.26. The Hall–Kier alpha value is -1.43. The Balaban J connectivity index is 2.68. The predicted molar refractivity (Wildman–Crippen MR) is 68.6 cm³/mol. The van der Waals surface area contributed by atoms with Gasteiger partial charge >= 0.3 is 5.97 Å². The van der Waals surface area contributed by atoms with Crippen LogP contribution in [-0.2, 0) is 9.53 Å². The first-order valence-corrected chi connectivity index (χ1v) is 6.66. The fourth-order valence-corrected chi connectivity index (χ4v) is 1.55. The zero-order valence-corrected chi connectivity index (χ0v) is 11.7. The van der Waals surface area contributed by atoms with E-state index in [1.54, 1.807) is 20.8 Å². The van der Waals surface area contributed by atoms with Crippen molar-refractivity contribution in [3.8, 4) is 0 Å². The van der Waals surface area contributed by atoms with Crippen LogP contribution in [0.1, 0.15) is 37.7 Å². The van der Waals surface area contributed by atoms with Crippen LogP contribution in [0.25, 0.3) is 0 Å². The normalized spacial score (nSPS) is 11.1. The van der Waals surface area contributed by atoms with Crippen LogP contribution in [0.15, 0.2) is 17.4 Å². The number of carbonyl (C=O) groups is 2. The Morgan fingerprint density at radius 2 is 2.06 bits per heavy atom. The Kier molecular flexibility index (Phi) is 4.84. The lowest BCUT2D eigenvalue weighted by molar-refractivity contribution is -0.153. The Bertz CT molecular complexity index is 455. The molecule has 0 unspecified atom stereocenters. The molecule has 0 fully saturated rings. The van der Waals surface area contributed by atoms with Gasteiger partial charge in [-0.05, 0) is 33.1 Å². The molecule has 0 aliphatic rings. The first-order valence-electron chi connectivity index (χ1n) is 5.44. The second-order valence-electron chi connectivity index (χ2n) is 4.61. The summed E-state index contributed by atoms with van der Waals surface area (Å²) in [6.07, 6.45) is 3.01. The monoisotopic (exact) mass is 268 g/mol. The zero-order chi connectivity index (χ0) is 13.8. The van der Waals surface area contributed by atoms with E-state index in [1.807, 2.05) is 6.26 Å². The van der Waals surface area contributed by atoms with Crippen molar-refractivity contribution < 1.29 is 14.3 Å². The lowest BCUT2D eigenvalue weighted by Crippen LogP contribution is -2.25. The van der Waals surface area contributed by atoms with Gasteiger partial charge in [-0.1, -0.05) is 11.8 Å². The highest BCUT2D eigenvalue weighted by molar-refractivity contribution is 7.98. The summed E-state index contributed by atoms with van der Waals surface area (Å²) >= 11 is 1.34. The highest BCUT2D eigenvalue weighted by Gasteiger charge is 2.20. The minimum Gasteiger partial charge on any atom is -0.460 e. The molecule has 0 spiro atoms. The molecule has 0 aromatic carbocycles. The van der Waals surface area contributed by atoms with Crippen molar-refractivity contribution in [1.82, 2.24) is 9.97 Å². The third-order valence-corrected chi connectivity index (χ3v) is 2.39. The molecule has 0 atom stereocenters. The smallest absolute Gasteiger partial charge is 0.314 e. The number of thioether (sulfide) groups is 1. The first-order chi connectivity index (χ1) is 8.31. The molecule has 0 amide bonds. The minimum atomic E-state index is -0.590. The van der Waals surface area contributed by atoms with E-state index in [0.717, 1.165) is 0 Å². The van der Waals surface area contributed by atoms with Gasteiger partial charge in [0, 0.05) is 6.20 Å². The molecular formula is C12H16N2O3S. The average molecular weight is 268 g/mol. The van der Waals surface area contributed by atoms with Crippen LogP contribution < -0.4 is 0 Å². The molecule has 1 rings (SSSR count). The van der Waals surface area contributed by atoms with E-state index in [0.29, 0.717) is 5.16 Å². The maximum absolute atomic E-state index is 11.8. The maximum atomic E-state index is 11.8. The molecule has 1 aromatic heterocycles. The first kappa shape index (κ1) is 14.6. The van der Waals surface area contributed by atoms with Crippen LogP contribution in [0, 0.1) is 0 Å². The number of Topliss-reactive ketones (excluding diaryl/α,β-unsaturated/α-hetero) is 1. The third kappa shape index (κ3) is 4.83. The SMILES string of the molecule is CSc1nccc(C(=O)CC(=O)OC(C)(C)C)n1. The number of ether oxygens (including phenoxy) is 1. The Morgan fingerprint density at radius 3 is 2.61 bits per heavy atom. The molecule has 6 heteroatoms. The van der Waals surface area contributed by atoms with E-state index >= 15 is 0 Å². The van der Waals surface area contributed by atoms with Gasteiger partial charge in [0.2, 0.25) is 0 Å². The van der Waals surface area contributed by atoms with E-state index in [2.05, 4.69) is 9.97 Å². The van der Waals surface area contributed by atoms with E-state index in [9.17, 15) is 9.59 Å². The van der Waals surface area contributed by atoms with Crippen LogP contribution in [0.3, 0.4) is 0 Å². The van der Waals surface area contributed by atoms with Gasteiger partial charge in [-0.3, -0.25) is 9.59 Å². The van der Waals surface area contributed by atoms with Crippen molar-refractivity contribution in [1.29, 1.82) is 0 Å². The van der Waals surface area contributed by atoms with E-state index < -0.39 is 11.6 Å². The lowest BCUT2D eigenvalue weighted by Gasteiger charge is -2.19. The minimum absolute atomic E-state index is 0.236. The van der Waals surface area contributed by atoms with Crippen molar-refractivity contribution >= 4 is 23.5 Å². The molecule has 18 heavy (non-hydrogen) atoms. The highest BCUT2D eigenvalue weighted by Crippen LogP contribution is 2.12. The molecule has 0 aliphatic heterocycles. The number of aromatic nitrogens is 2. The summed E-state index contributed by atoms with van der Waals surface area (Å²) in [6.45, 7) is 5.27. The van der Waals surface area contributed by atoms with Crippen LogP contribution >= 0.6 is 11.8 Å². The number of ketones is 1. The summed E-state index contributed by atoms with van der Waals surface area (Å²) in [4.78, 5) is 31.3. The lowest BCUT2D eigenvalue weighted by atomic mass is 10.1. The molecule has 0 bridgehead atoms. The Labute approximate surface area is 110 Å². The van der Waals surface area contributed by atoms with Gasteiger partial charge in [-0.15, -0.1) is 0 Å². The molecule has 0 saturated heterocycles. The molecule has 0 radical (unpaired) electrons. The highest BCUT2D eigenvalue weighted by atomic mass is 32.2. The molecule has 5 nitrogen and oxygen atoms in total. The van der Waals surface area contributed by atoms with Gasteiger partial charge in [-0.25, -0.2) is 9.97 Å². The predicted octanol–water partition coefficient (Wildman–Crippen LogP) is 2.11. The summed E-state index contributed by atoms with van der Waals surface area (Å²) in [5, 5.41) is 0.505. The largest absolute Gasteiger partial charge is 0.460 e. The van der Waals surface area contributed by atoms with Crippen LogP contribution in [0.2, 0.25) is 0 Å². The number of esters is 1. The summed E-state index contributed by atoms with van der Waals surface area (Å²) in [5.74, 6) is -0.904. The summed E-state index contributed by atoms with van der Waals surface area (Å²) in [7, 11) is 0. The van der Waals surface area contributed by atoms with Crippen LogP contribution in [0.4, 0.5) is 0 Å². The molecular weight excluding hydrogens is 252 g/mol. The standard InChI is InChI=1S/C12H16N2O3S/c1-12(2,3)17-10(16)7-9(15)8-5-6-13-11(14-8)18-4/h5-6H,7H2,1-4H3. The molecule has 0 N–H and O–H groups in total. The second-order valence-corrected chi connectivity index (χ2v) is 5.39. The van der Waals surface area contributed by atoms with E-state index in [-0.39, 0.29) is 17.9 Å². The van der Waals surface area contributed by atoms with Crippen molar-refractivity contribution in [2.75, 3.05) is 6.26 Å². The van der Waals surface area contributed by atoms with Gasteiger partial charge in [-0.2, -0.15) is 0 Å². The van der Waals surface area contributed by atoms with Crippen molar-refractivity contribution in [3.63, 3.8) is 0 Å². The third-order valence-electron chi connectivity index (χ3n) is 1.83. The zero-order valence-electron chi connectivity index (χ0n) is 10.9. The Morgan fingerprint density at radius 1 is 1.39 bits per heavy atom. The van der Waals surface area contributed by atoms with Gasteiger partial charge in [0.05, 0.1) is 0 Å². The van der Waals surface area contributed by atoms with Crippen molar-refractivity contribution in [2.24, 2.45) is 0 Å². The van der Waals surface area contributed by atoms with Crippen LogP contribution in [0.5, 0.6) is 0 Å². The summed E-state index contributed by atoms with van der Waals surface area (Å²) < 4.78 is 5.08. The molecule has 0 saturated carbocycles. The van der Waals surface area contributed by atoms with Crippen molar-refractivity contribution in [3.05, 3.63) is 18.0 Å². The van der Waals surface area contributed by atoms with Gasteiger partial charge < -0.3 is 4.74 Å².